The highest BCUT2D eigenvalue weighted by atomic mass is 16.6. The van der Waals surface area contributed by atoms with E-state index in [-0.39, 0.29) is 19.6 Å². The van der Waals surface area contributed by atoms with Gasteiger partial charge in [-0.05, 0) is 30.5 Å². The Bertz CT molecular complexity index is 890. The molecule has 3 aromatic rings. The zero-order chi connectivity index (χ0) is 22.8. The highest BCUT2D eigenvalue weighted by Gasteiger charge is 2.42. The number of benzene rings is 3. The number of esters is 2. The summed E-state index contributed by atoms with van der Waals surface area (Å²) in [5.74, 6) is -1.12. The predicted octanol–water partition coefficient (Wildman–Crippen LogP) is 4.88. The van der Waals surface area contributed by atoms with Crippen LogP contribution in [0.1, 0.15) is 37.0 Å². The summed E-state index contributed by atoms with van der Waals surface area (Å²) >= 11 is 0. The van der Waals surface area contributed by atoms with E-state index in [2.05, 4.69) is 0 Å². The molecule has 0 aliphatic rings. The van der Waals surface area contributed by atoms with Crippen molar-refractivity contribution < 1.29 is 23.8 Å². The first kappa shape index (κ1) is 23.2. The third kappa shape index (κ3) is 5.24. The molecule has 0 saturated carbocycles. The van der Waals surface area contributed by atoms with Crippen LogP contribution in [0.5, 0.6) is 0 Å². The van der Waals surface area contributed by atoms with Gasteiger partial charge in [0.15, 0.2) is 6.10 Å². The van der Waals surface area contributed by atoms with Gasteiger partial charge in [-0.15, -0.1) is 0 Å². The molecule has 5 nitrogen and oxygen atoms in total. The van der Waals surface area contributed by atoms with Crippen LogP contribution in [0.25, 0.3) is 0 Å². The summed E-state index contributed by atoms with van der Waals surface area (Å²) in [7, 11) is 0. The quantitative estimate of drug-likeness (QED) is 0.338. The summed E-state index contributed by atoms with van der Waals surface area (Å²) in [6.45, 7) is 3.84. The second-order valence-corrected chi connectivity index (χ2v) is 7.15. The van der Waals surface area contributed by atoms with E-state index in [1.807, 2.05) is 91.0 Å². The van der Waals surface area contributed by atoms with Gasteiger partial charge < -0.3 is 14.2 Å². The second-order valence-electron chi connectivity index (χ2n) is 7.15. The summed E-state index contributed by atoms with van der Waals surface area (Å²) in [4.78, 5) is 25.2. The van der Waals surface area contributed by atoms with Crippen molar-refractivity contribution in [1.82, 2.24) is 0 Å². The van der Waals surface area contributed by atoms with Crippen molar-refractivity contribution in [3.63, 3.8) is 0 Å². The molecule has 0 aromatic heterocycles. The Hall–Kier alpha value is -3.44. The van der Waals surface area contributed by atoms with Crippen molar-refractivity contribution >= 4 is 11.9 Å². The van der Waals surface area contributed by atoms with Crippen LogP contribution in [-0.2, 0) is 29.4 Å². The number of hydrogen-bond donors (Lipinski definition) is 0. The molecule has 0 radical (unpaired) electrons. The summed E-state index contributed by atoms with van der Waals surface area (Å²) < 4.78 is 17.0. The molecule has 166 valence electrons. The van der Waals surface area contributed by atoms with Gasteiger partial charge in [0.2, 0.25) is 0 Å². The number of hydrogen-bond acceptors (Lipinski definition) is 5. The van der Waals surface area contributed by atoms with Crippen LogP contribution < -0.4 is 0 Å². The maximum Gasteiger partial charge on any atom is 0.335 e. The summed E-state index contributed by atoms with van der Waals surface area (Å²) in [5, 5.41) is 0. The van der Waals surface area contributed by atoms with Gasteiger partial charge in [-0.2, -0.15) is 0 Å². The number of rotatable bonds is 10. The van der Waals surface area contributed by atoms with Gasteiger partial charge in [0, 0.05) is 0 Å². The molecule has 0 aliphatic carbocycles. The minimum absolute atomic E-state index is 0.177. The first-order valence-corrected chi connectivity index (χ1v) is 10.8. The number of carbonyl (C=O) groups is 2. The molecule has 0 aliphatic heterocycles. The average Bonchev–Trinajstić information content (AvgIpc) is 2.84. The zero-order valence-electron chi connectivity index (χ0n) is 18.4. The van der Waals surface area contributed by atoms with Crippen molar-refractivity contribution in [1.29, 1.82) is 0 Å². The SMILES string of the molecule is CCOC(=O)CC(OC(c1ccccc1)(c1ccccc1)c1ccccc1)C(=O)OCC. The number of ether oxygens (including phenoxy) is 3. The van der Waals surface area contributed by atoms with Crippen molar-refractivity contribution in [3.05, 3.63) is 108 Å². The third-order valence-corrected chi connectivity index (χ3v) is 5.07. The first-order chi connectivity index (χ1) is 15.6. The molecule has 1 atom stereocenters. The lowest BCUT2D eigenvalue weighted by molar-refractivity contribution is -0.171. The largest absolute Gasteiger partial charge is 0.466 e. The zero-order valence-corrected chi connectivity index (χ0v) is 18.4. The third-order valence-electron chi connectivity index (χ3n) is 5.07. The smallest absolute Gasteiger partial charge is 0.335 e. The Balaban J connectivity index is 2.20. The van der Waals surface area contributed by atoms with E-state index in [4.69, 9.17) is 14.2 Å². The van der Waals surface area contributed by atoms with E-state index in [9.17, 15) is 9.59 Å². The van der Waals surface area contributed by atoms with Crippen LogP contribution in [0, 0.1) is 0 Å². The van der Waals surface area contributed by atoms with Gasteiger partial charge in [0.05, 0.1) is 19.6 Å². The summed E-state index contributed by atoms with van der Waals surface area (Å²) in [6, 6.07) is 29.0. The van der Waals surface area contributed by atoms with Crippen molar-refractivity contribution in [2.75, 3.05) is 13.2 Å². The molecule has 3 aromatic carbocycles. The van der Waals surface area contributed by atoms with Gasteiger partial charge in [0.25, 0.3) is 0 Å². The Morgan fingerprint density at radius 3 is 1.47 bits per heavy atom. The molecule has 0 bridgehead atoms. The van der Waals surface area contributed by atoms with Crippen LogP contribution in [-0.4, -0.2) is 31.3 Å². The fourth-order valence-electron chi connectivity index (χ4n) is 3.72. The summed E-state index contributed by atoms with van der Waals surface area (Å²) in [6.07, 6.45) is -1.41. The standard InChI is InChI=1S/C27H28O5/c1-3-30-25(28)20-24(26(29)31-4-2)32-27(21-14-8-5-9-15-21,22-16-10-6-11-17-22)23-18-12-7-13-19-23/h5-19,24H,3-4,20H2,1-2H3. The lowest BCUT2D eigenvalue weighted by Crippen LogP contribution is -2.41. The molecule has 0 N–H and O–H groups in total. The molecule has 0 heterocycles. The first-order valence-electron chi connectivity index (χ1n) is 10.8. The van der Waals surface area contributed by atoms with Gasteiger partial charge in [-0.1, -0.05) is 91.0 Å². The lowest BCUT2D eigenvalue weighted by Gasteiger charge is -2.38. The summed E-state index contributed by atoms with van der Waals surface area (Å²) in [5.41, 5.74) is 1.34. The van der Waals surface area contributed by atoms with E-state index in [1.54, 1.807) is 13.8 Å². The molecule has 0 amide bonds. The highest BCUT2D eigenvalue weighted by molar-refractivity contribution is 5.82. The molecular weight excluding hydrogens is 404 g/mol. The lowest BCUT2D eigenvalue weighted by atomic mass is 9.80. The monoisotopic (exact) mass is 432 g/mol. The van der Waals surface area contributed by atoms with Gasteiger partial charge in [0.1, 0.15) is 5.60 Å². The van der Waals surface area contributed by atoms with E-state index in [0.29, 0.717) is 0 Å². The van der Waals surface area contributed by atoms with Crippen LogP contribution >= 0.6 is 0 Å². The minimum Gasteiger partial charge on any atom is -0.466 e. The van der Waals surface area contributed by atoms with E-state index < -0.39 is 23.6 Å². The topological polar surface area (TPSA) is 61.8 Å². The van der Waals surface area contributed by atoms with Crippen molar-refractivity contribution in [3.8, 4) is 0 Å². The van der Waals surface area contributed by atoms with Gasteiger partial charge >= 0.3 is 11.9 Å². The van der Waals surface area contributed by atoms with Crippen molar-refractivity contribution in [2.24, 2.45) is 0 Å². The van der Waals surface area contributed by atoms with Crippen molar-refractivity contribution in [2.45, 2.75) is 32.0 Å². The highest BCUT2D eigenvalue weighted by Crippen LogP contribution is 2.41. The molecule has 32 heavy (non-hydrogen) atoms. The van der Waals surface area contributed by atoms with Gasteiger partial charge in [-0.3, -0.25) is 4.79 Å². The van der Waals surface area contributed by atoms with Gasteiger partial charge in [-0.25, -0.2) is 4.79 Å². The van der Waals surface area contributed by atoms with E-state index in [1.165, 1.54) is 0 Å². The minimum atomic E-state index is -1.16. The van der Waals surface area contributed by atoms with E-state index in [0.717, 1.165) is 16.7 Å². The Kier molecular flexibility index (Phi) is 8.17. The fourth-order valence-corrected chi connectivity index (χ4v) is 3.72. The van der Waals surface area contributed by atoms with Crippen LogP contribution in [0.2, 0.25) is 0 Å². The molecule has 0 saturated heterocycles. The maximum absolute atomic E-state index is 12.9. The Morgan fingerprint density at radius 1 is 0.688 bits per heavy atom. The predicted molar refractivity (Wildman–Crippen MR) is 122 cm³/mol. The normalized spacial score (nSPS) is 12.1. The molecule has 0 spiro atoms. The average molecular weight is 433 g/mol. The molecule has 5 heteroatoms. The number of carbonyl (C=O) groups excluding carboxylic acids is 2. The molecule has 3 rings (SSSR count). The Morgan fingerprint density at radius 2 is 1.09 bits per heavy atom. The molecular formula is C27H28O5. The Labute approximate surface area is 188 Å². The van der Waals surface area contributed by atoms with Crippen LogP contribution in [0.3, 0.4) is 0 Å². The van der Waals surface area contributed by atoms with Crippen LogP contribution in [0.15, 0.2) is 91.0 Å². The fraction of sp³-hybridized carbons (Fsp3) is 0.259. The van der Waals surface area contributed by atoms with E-state index >= 15 is 0 Å². The molecule has 0 fully saturated rings. The van der Waals surface area contributed by atoms with Crippen LogP contribution in [0.4, 0.5) is 0 Å². The molecule has 1 unspecified atom stereocenters. The maximum atomic E-state index is 12.9. The second kappa shape index (κ2) is 11.3.